The van der Waals surface area contributed by atoms with Crippen molar-refractivity contribution in [3.8, 4) is 0 Å². The second kappa shape index (κ2) is 4.07. The molecule has 2 fully saturated rings. The number of nitrogens with one attached hydrogen (secondary N) is 2. The first-order valence-corrected chi connectivity index (χ1v) is 7.40. The van der Waals surface area contributed by atoms with E-state index < -0.39 is 0 Å². The molecule has 3 atom stereocenters. The molecule has 19 heavy (non-hydrogen) atoms. The topological polar surface area (TPSA) is 53.1 Å². The second-order valence-corrected chi connectivity index (χ2v) is 5.92. The quantitative estimate of drug-likeness (QED) is 0.790. The van der Waals surface area contributed by atoms with Gasteiger partial charge in [0.15, 0.2) is 5.82 Å². The standard InChI is InChI=1S/C14H21N5/c1-3-10-13-14(17-8(2)16-10)19-7-9-4-5-11(18-9)12(19)6-15-13/h9,11-12,15,18H,3-7H2,1-2H3. The van der Waals surface area contributed by atoms with Crippen LogP contribution in [0.4, 0.5) is 11.5 Å². The van der Waals surface area contributed by atoms with Crippen LogP contribution in [0.5, 0.6) is 0 Å². The van der Waals surface area contributed by atoms with E-state index in [1.165, 1.54) is 18.5 Å². The van der Waals surface area contributed by atoms with E-state index in [4.69, 9.17) is 4.98 Å². The van der Waals surface area contributed by atoms with Crippen LogP contribution in [0.15, 0.2) is 0 Å². The monoisotopic (exact) mass is 259 g/mol. The number of anilines is 2. The molecule has 4 rings (SSSR count). The molecule has 1 aromatic heterocycles. The summed E-state index contributed by atoms with van der Waals surface area (Å²) in [5.74, 6) is 2.03. The molecule has 102 valence electrons. The summed E-state index contributed by atoms with van der Waals surface area (Å²) in [6.07, 6.45) is 3.56. The molecule has 0 amide bonds. The van der Waals surface area contributed by atoms with Gasteiger partial charge in [0.2, 0.25) is 0 Å². The summed E-state index contributed by atoms with van der Waals surface area (Å²) >= 11 is 0. The highest BCUT2D eigenvalue weighted by Crippen LogP contribution is 2.37. The molecule has 0 radical (unpaired) electrons. The van der Waals surface area contributed by atoms with Crippen molar-refractivity contribution in [1.29, 1.82) is 0 Å². The molecule has 0 saturated carbocycles. The third-order valence-electron chi connectivity index (χ3n) is 4.73. The molecule has 2 saturated heterocycles. The molecule has 5 nitrogen and oxygen atoms in total. The molecule has 3 unspecified atom stereocenters. The molecule has 0 aliphatic carbocycles. The summed E-state index contributed by atoms with van der Waals surface area (Å²) in [6, 6.07) is 1.82. The Labute approximate surface area is 113 Å². The minimum Gasteiger partial charge on any atom is -0.378 e. The zero-order valence-electron chi connectivity index (χ0n) is 11.6. The maximum absolute atomic E-state index is 4.73. The summed E-state index contributed by atoms with van der Waals surface area (Å²) in [6.45, 7) is 6.27. The molecule has 3 aliphatic rings. The number of nitrogens with zero attached hydrogens (tertiary/aromatic N) is 3. The zero-order chi connectivity index (χ0) is 13.0. The fraction of sp³-hybridized carbons (Fsp3) is 0.714. The Bertz CT molecular complexity index is 515. The molecule has 1 aromatic rings. The number of rotatable bonds is 1. The van der Waals surface area contributed by atoms with Gasteiger partial charge in [-0.1, -0.05) is 6.92 Å². The first-order chi connectivity index (χ1) is 9.26. The van der Waals surface area contributed by atoms with Gasteiger partial charge in [-0.2, -0.15) is 0 Å². The Balaban J connectivity index is 1.80. The Morgan fingerprint density at radius 1 is 1.32 bits per heavy atom. The van der Waals surface area contributed by atoms with E-state index in [0.717, 1.165) is 36.8 Å². The fourth-order valence-corrected chi connectivity index (χ4v) is 3.85. The highest BCUT2D eigenvalue weighted by atomic mass is 15.3. The van der Waals surface area contributed by atoms with Crippen LogP contribution in [0, 0.1) is 6.92 Å². The van der Waals surface area contributed by atoms with Crippen molar-refractivity contribution in [2.45, 2.75) is 51.2 Å². The number of hydrogen-bond acceptors (Lipinski definition) is 5. The van der Waals surface area contributed by atoms with Crippen LogP contribution in [-0.2, 0) is 6.42 Å². The van der Waals surface area contributed by atoms with Crippen LogP contribution in [-0.4, -0.2) is 41.2 Å². The minimum atomic E-state index is 0.547. The van der Waals surface area contributed by atoms with Crippen molar-refractivity contribution in [2.24, 2.45) is 0 Å². The van der Waals surface area contributed by atoms with Crippen molar-refractivity contribution < 1.29 is 0 Å². The molecule has 2 N–H and O–H groups in total. The Kier molecular flexibility index (Phi) is 2.45. The van der Waals surface area contributed by atoms with Gasteiger partial charge in [-0.25, -0.2) is 9.97 Å². The van der Waals surface area contributed by atoms with Gasteiger partial charge in [0.1, 0.15) is 5.82 Å². The fourth-order valence-electron chi connectivity index (χ4n) is 3.85. The van der Waals surface area contributed by atoms with Crippen molar-refractivity contribution in [3.63, 3.8) is 0 Å². The number of fused-ring (bicyclic) bond motifs is 6. The van der Waals surface area contributed by atoms with Gasteiger partial charge < -0.3 is 15.5 Å². The molecule has 0 spiro atoms. The number of aromatic nitrogens is 2. The van der Waals surface area contributed by atoms with Crippen LogP contribution in [0.3, 0.4) is 0 Å². The van der Waals surface area contributed by atoms with Crippen molar-refractivity contribution in [1.82, 2.24) is 15.3 Å². The first kappa shape index (κ1) is 11.5. The van der Waals surface area contributed by atoms with E-state index >= 15 is 0 Å². The van der Waals surface area contributed by atoms with Crippen LogP contribution in [0.1, 0.15) is 31.3 Å². The number of piperazine rings is 1. The van der Waals surface area contributed by atoms with E-state index in [9.17, 15) is 0 Å². The SMILES string of the molecule is CCc1nc(C)nc2c1NCC1C3CCC(CN21)N3. The largest absolute Gasteiger partial charge is 0.378 e. The Morgan fingerprint density at radius 3 is 3.05 bits per heavy atom. The maximum atomic E-state index is 4.73. The Hall–Kier alpha value is -1.36. The van der Waals surface area contributed by atoms with Gasteiger partial charge in [0, 0.05) is 25.2 Å². The predicted octanol–water partition coefficient (Wildman–Crippen LogP) is 1.08. The summed E-state index contributed by atoms with van der Waals surface area (Å²) in [5, 5.41) is 7.32. The van der Waals surface area contributed by atoms with E-state index in [2.05, 4.69) is 27.4 Å². The lowest BCUT2D eigenvalue weighted by molar-refractivity contribution is 0.379. The van der Waals surface area contributed by atoms with E-state index in [1.807, 2.05) is 6.92 Å². The van der Waals surface area contributed by atoms with Gasteiger partial charge in [-0.05, 0) is 26.2 Å². The van der Waals surface area contributed by atoms with E-state index in [0.29, 0.717) is 18.1 Å². The van der Waals surface area contributed by atoms with Gasteiger partial charge >= 0.3 is 0 Å². The normalized spacial score (nSPS) is 31.7. The Morgan fingerprint density at radius 2 is 2.21 bits per heavy atom. The molecule has 5 heteroatoms. The number of hydrogen-bond donors (Lipinski definition) is 2. The predicted molar refractivity (Wildman–Crippen MR) is 75.7 cm³/mol. The lowest BCUT2D eigenvalue weighted by Gasteiger charge is -2.45. The van der Waals surface area contributed by atoms with Crippen LogP contribution < -0.4 is 15.5 Å². The molecular weight excluding hydrogens is 238 g/mol. The average molecular weight is 259 g/mol. The summed E-state index contributed by atoms with van der Waals surface area (Å²) in [5.41, 5.74) is 2.33. The minimum absolute atomic E-state index is 0.547. The van der Waals surface area contributed by atoms with E-state index in [1.54, 1.807) is 0 Å². The molecule has 3 aliphatic heterocycles. The van der Waals surface area contributed by atoms with Gasteiger partial charge in [-0.3, -0.25) is 0 Å². The van der Waals surface area contributed by atoms with Gasteiger partial charge in [0.05, 0.1) is 17.4 Å². The van der Waals surface area contributed by atoms with Gasteiger partial charge in [0.25, 0.3) is 0 Å². The van der Waals surface area contributed by atoms with E-state index in [-0.39, 0.29) is 0 Å². The third-order valence-corrected chi connectivity index (χ3v) is 4.73. The van der Waals surface area contributed by atoms with Crippen molar-refractivity contribution >= 4 is 11.5 Å². The number of aryl methyl sites for hydroxylation is 2. The van der Waals surface area contributed by atoms with Crippen molar-refractivity contribution in [2.75, 3.05) is 23.3 Å². The second-order valence-electron chi connectivity index (χ2n) is 5.92. The van der Waals surface area contributed by atoms with Crippen LogP contribution in [0.25, 0.3) is 0 Å². The van der Waals surface area contributed by atoms with Crippen molar-refractivity contribution in [3.05, 3.63) is 11.5 Å². The van der Waals surface area contributed by atoms with Gasteiger partial charge in [-0.15, -0.1) is 0 Å². The molecule has 2 bridgehead atoms. The summed E-state index contributed by atoms with van der Waals surface area (Å²) in [7, 11) is 0. The average Bonchev–Trinajstić information content (AvgIpc) is 2.80. The highest BCUT2D eigenvalue weighted by Gasteiger charge is 2.43. The molecule has 4 heterocycles. The van der Waals surface area contributed by atoms with Crippen LogP contribution >= 0.6 is 0 Å². The first-order valence-electron chi connectivity index (χ1n) is 7.40. The summed E-state index contributed by atoms with van der Waals surface area (Å²) in [4.78, 5) is 11.8. The zero-order valence-corrected chi connectivity index (χ0v) is 11.6. The molecular formula is C14H21N5. The lowest BCUT2D eigenvalue weighted by atomic mass is 10.0. The van der Waals surface area contributed by atoms with Crippen LogP contribution in [0.2, 0.25) is 0 Å². The molecule has 0 aromatic carbocycles. The highest BCUT2D eigenvalue weighted by molar-refractivity contribution is 5.72. The maximum Gasteiger partial charge on any atom is 0.156 e. The summed E-state index contributed by atoms with van der Waals surface area (Å²) < 4.78 is 0. The lowest BCUT2D eigenvalue weighted by Crippen LogP contribution is -2.62. The third kappa shape index (κ3) is 1.64. The smallest absolute Gasteiger partial charge is 0.156 e.